The fraction of sp³-hybridized carbons (Fsp3) is 1.00. The Hall–Kier alpha value is -0.120. The number of nitrogens with one attached hydrogen (secondary N) is 1. The van der Waals surface area contributed by atoms with E-state index in [1.54, 1.807) is 7.11 Å². The lowest BCUT2D eigenvalue weighted by Crippen LogP contribution is -2.41. The van der Waals surface area contributed by atoms with E-state index in [2.05, 4.69) is 33.0 Å². The van der Waals surface area contributed by atoms with Crippen molar-refractivity contribution < 1.29 is 9.47 Å². The molecule has 0 aliphatic carbocycles. The molecule has 0 amide bonds. The lowest BCUT2D eigenvalue weighted by molar-refractivity contribution is 0.0586. The van der Waals surface area contributed by atoms with Gasteiger partial charge in [-0.15, -0.1) is 0 Å². The molecule has 0 aromatic rings. The highest BCUT2D eigenvalue weighted by molar-refractivity contribution is 4.71. The molecule has 0 fully saturated rings. The maximum Gasteiger partial charge on any atom is 0.0701 e. The van der Waals surface area contributed by atoms with Crippen molar-refractivity contribution >= 4 is 0 Å². The molecule has 0 heterocycles. The van der Waals surface area contributed by atoms with Crippen LogP contribution in [-0.4, -0.2) is 39.0 Å². The highest BCUT2D eigenvalue weighted by Crippen LogP contribution is 2.07. The fourth-order valence-electron chi connectivity index (χ4n) is 1.42. The Morgan fingerprint density at radius 1 is 1.13 bits per heavy atom. The van der Waals surface area contributed by atoms with E-state index < -0.39 is 0 Å². The molecule has 3 nitrogen and oxygen atoms in total. The molecule has 0 aromatic carbocycles. The lowest BCUT2D eigenvalue weighted by Gasteiger charge is -2.24. The number of methoxy groups -OCH3 is 1. The van der Waals surface area contributed by atoms with Crippen molar-refractivity contribution in [1.29, 1.82) is 0 Å². The Balaban J connectivity index is 3.50. The summed E-state index contributed by atoms with van der Waals surface area (Å²) in [6.07, 6.45) is 1.21. The van der Waals surface area contributed by atoms with Gasteiger partial charge in [0, 0.05) is 19.2 Å². The van der Waals surface area contributed by atoms with Crippen LogP contribution in [0.5, 0.6) is 0 Å². The zero-order chi connectivity index (χ0) is 11.7. The van der Waals surface area contributed by atoms with Crippen LogP contribution in [0, 0.1) is 5.92 Å². The number of hydrogen-bond acceptors (Lipinski definition) is 3. The van der Waals surface area contributed by atoms with Gasteiger partial charge in [-0.05, 0) is 19.8 Å². The van der Waals surface area contributed by atoms with Crippen LogP contribution in [0.2, 0.25) is 0 Å². The van der Waals surface area contributed by atoms with Gasteiger partial charge in [0.15, 0.2) is 0 Å². The van der Waals surface area contributed by atoms with Crippen LogP contribution in [0.4, 0.5) is 0 Å². The van der Waals surface area contributed by atoms with Gasteiger partial charge >= 0.3 is 0 Å². The molecular weight excluding hydrogens is 190 g/mol. The summed E-state index contributed by atoms with van der Waals surface area (Å²) in [4.78, 5) is 0. The quantitative estimate of drug-likeness (QED) is 0.600. The molecule has 92 valence electrons. The van der Waals surface area contributed by atoms with Gasteiger partial charge in [0.1, 0.15) is 0 Å². The summed E-state index contributed by atoms with van der Waals surface area (Å²) in [5.74, 6) is 0.714. The second-order valence-electron chi connectivity index (χ2n) is 4.31. The first kappa shape index (κ1) is 14.9. The van der Waals surface area contributed by atoms with Crippen molar-refractivity contribution in [1.82, 2.24) is 5.32 Å². The standard InChI is InChI=1S/C12H27NO2/c1-6-10(2)12(4)13-11(3)9-15-8-7-14-5/h10-13H,6-9H2,1-5H3. The third kappa shape index (κ3) is 7.77. The molecule has 0 rings (SSSR count). The van der Waals surface area contributed by atoms with E-state index in [0.29, 0.717) is 31.2 Å². The molecule has 0 saturated carbocycles. The second kappa shape index (κ2) is 9.13. The molecule has 0 bridgehead atoms. The monoisotopic (exact) mass is 217 g/mol. The topological polar surface area (TPSA) is 30.5 Å². The molecule has 15 heavy (non-hydrogen) atoms. The average molecular weight is 217 g/mol. The number of rotatable bonds is 9. The van der Waals surface area contributed by atoms with E-state index in [9.17, 15) is 0 Å². The maximum absolute atomic E-state index is 5.46. The Kier molecular flexibility index (Phi) is 9.06. The summed E-state index contributed by atoms with van der Waals surface area (Å²) in [5, 5.41) is 3.54. The van der Waals surface area contributed by atoms with E-state index in [-0.39, 0.29) is 0 Å². The smallest absolute Gasteiger partial charge is 0.0701 e. The van der Waals surface area contributed by atoms with Crippen molar-refractivity contribution in [2.75, 3.05) is 26.9 Å². The van der Waals surface area contributed by atoms with Crippen LogP contribution in [0.25, 0.3) is 0 Å². The summed E-state index contributed by atoms with van der Waals surface area (Å²) in [7, 11) is 1.69. The predicted molar refractivity (Wildman–Crippen MR) is 64.2 cm³/mol. The van der Waals surface area contributed by atoms with Gasteiger partial charge < -0.3 is 14.8 Å². The lowest BCUT2D eigenvalue weighted by atomic mass is 10.0. The molecule has 3 heteroatoms. The van der Waals surface area contributed by atoms with Crippen molar-refractivity contribution in [2.45, 2.75) is 46.2 Å². The minimum absolute atomic E-state index is 0.408. The molecule has 0 saturated heterocycles. The van der Waals surface area contributed by atoms with Crippen LogP contribution in [0.15, 0.2) is 0 Å². The normalized spacial score (nSPS) is 17.4. The highest BCUT2D eigenvalue weighted by Gasteiger charge is 2.12. The minimum atomic E-state index is 0.408. The van der Waals surface area contributed by atoms with E-state index >= 15 is 0 Å². The zero-order valence-corrected chi connectivity index (χ0v) is 10.9. The summed E-state index contributed by atoms with van der Waals surface area (Å²) >= 11 is 0. The molecular formula is C12H27NO2. The molecule has 0 aromatic heterocycles. The molecule has 0 aliphatic heterocycles. The Labute approximate surface area is 94.5 Å². The first-order chi connectivity index (χ1) is 7.11. The van der Waals surface area contributed by atoms with Gasteiger partial charge in [-0.3, -0.25) is 0 Å². The van der Waals surface area contributed by atoms with E-state index in [1.807, 2.05) is 0 Å². The molecule has 0 radical (unpaired) electrons. The maximum atomic E-state index is 5.46. The summed E-state index contributed by atoms with van der Waals surface area (Å²) < 4.78 is 10.4. The van der Waals surface area contributed by atoms with E-state index in [1.165, 1.54) is 6.42 Å². The third-order valence-electron chi connectivity index (χ3n) is 2.84. The Bertz CT molecular complexity index is 142. The van der Waals surface area contributed by atoms with Crippen LogP contribution in [0.3, 0.4) is 0 Å². The number of hydrogen-bond donors (Lipinski definition) is 1. The predicted octanol–water partition coefficient (Wildman–Crippen LogP) is 2.06. The van der Waals surface area contributed by atoms with Crippen molar-refractivity contribution in [3.05, 3.63) is 0 Å². The van der Waals surface area contributed by atoms with Gasteiger partial charge in [-0.25, -0.2) is 0 Å². The summed E-state index contributed by atoms with van der Waals surface area (Å²) in [6, 6.07) is 0.960. The second-order valence-corrected chi connectivity index (χ2v) is 4.31. The molecule has 0 aliphatic rings. The largest absolute Gasteiger partial charge is 0.382 e. The first-order valence-electron chi connectivity index (χ1n) is 5.94. The number of ether oxygens (including phenoxy) is 2. The van der Waals surface area contributed by atoms with Gasteiger partial charge in [0.25, 0.3) is 0 Å². The highest BCUT2D eigenvalue weighted by atomic mass is 16.5. The SMILES string of the molecule is CCC(C)C(C)NC(C)COCCOC. The molecule has 0 spiro atoms. The van der Waals surface area contributed by atoms with Gasteiger partial charge in [0.2, 0.25) is 0 Å². The molecule has 3 unspecified atom stereocenters. The van der Waals surface area contributed by atoms with Crippen LogP contribution < -0.4 is 5.32 Å². The van der Waals surface area contributed by atoms with Crippen LogP contribution in [0.1, 0.15) is 34.1 Å². The van der Waals surface area contributed by atoms with E-state index in [0.717, 1.165) is 6.61 Å². The molecule has 3 atom stereocenters. The van der Waals surface area contributed by atoms with Gasteiger partial charge in [-0.2, -0.15) is 0 Å². The minimum Gasteiger partial charge on any atom is -0.382 e. The van der Waals surface area contributed by atoms with E-state index in [4.69, 9.17) is 9.47 Å². The third-order valence-corrected chi connectivity index (χ3v) is 2.84. The Morgan fingerprint density at radius 2 is 1.80 bits per heavy atom. The average Bonchev–Trinajstić information content (AvgIpc) is 2.23. The molecule has 1 N–H and O–H groups in total. The first-order valence-corrected chi connectivity index (χ1v) is 5.94. The van der Waals surface area contributed by atoms with Crippen molar-refractivity contribution in [2.24, 2.45) is 5.92 Å². The van der Waals surface area contributed by atoms with Crippen molar-refractivity contribution in [3.63, 3.8) is 0 Å². The summed E-state index contributed by atoms with van der Waals surface area (Å²) in [6.45, 7) is 11.0. The van der Waals surface area contributed by atoms with Gasteiger partial charge in [0.05, 0.1) is 19.8 Å². The van der Waals surface area contributed by atoms with Crippen LogP contribution >= 0.6 is 0 Å². The van der Waals surface area contributed by atoms with Crippen LogP contribution in [-0.2, 0) is 9.47 Å². The van der Waals surface area contributed by atoms with Gasteiger partial charge in [-0.1, -0.05) is 20.3 Å². The Morgan fingerprint density at radius 3 is 2.33 bits per heavy atom. The zero-order valence-electron chi connectivity index (χ0n) is 10.9. The fourth-order valence-corrected chi connectivity index (χ4v) is 1.42. The van der Waals surface area contributed by atoms with Crippen molar-refractivity contribution in [3.8, 4) is 0 Å². The summed E-state index contributed by atoms with van der Waals surface area (Å²) in [5.41, 5.74) is 0.